The molecule has 1 N–H and O–H groups in total. The molecule has 1 aliphatic heterocycles. The van der Waals surface area contributed by atoms with E-state index in [1.54, 1.807) is 0 Å². The quantitative estimate of drug-likeness (QED) is 0.901. The van der Waals surface area contributed by atoms with Crippen LogP contribution < -0.4 is 5.32 Å². The highest BCUT2D eigenvalue weighted by atomic mass is 35.5. The molecule has 3 nitrogen and oxygen atoms in total. The Morgan fingerprint density at radius 2 is 2.00 bits per heavy atom. The lowest BCUT2D eigenvalue weighted by atomic mass is 10.00. The standard InChI is InChI=1S/C15H17ClN2O.2ClH/c16-13-5-3-11(4-6-13)8-14-10-18-15(19-14)12-2-1-7-17-9-12;;/h3-6,10,12,17H,1-2,7-9H2;2*1H. The Bertz CT molecular complexity index is 536. The van der Waals surface area contributed by atoms with Crippen molar-refractivity contribution in [3.8, 4) is 0 Å². The van der Waals surface area contributed by atoms with Crippen LogP contribution in [0.1, 0.15) is 36.0 Å². The molecule has 1 fully saturated rings. The van der Waals surface area contributed by atoms with Crippen molar-refractivity contribution in [1.29, 1.82) is 0 Å². The Kier molecular flexibility index (Phi) is 7.53. The van der Waals surface area contributed by atoms with E-state index in [4.69, 9.17) is 16.0 Å². The van der Waals surface area contributed by atoms with Crippen LogP contribution in [0.25, 0.3) is 0 Å². The summed E-state index contributed by atoms with van der Waals surface area (Å²) in [6.45, 7) is 2.08. The van der Waals surface area contributed by atoms with Crippen molar-refractivity contribution in [3.05, 3.63) is 52.7 Å². The molecule has 2 aromatic rings. The first kappa shape index (κ1) is 18.3. The minimum absolute atomic E-state index is 0. The summed E-state index contributed by atoms with van der Waals surface area (Å²) in [6, 6.07) is 7.85. The molecule has 1 aliphatic rings. The molecule has 1 saturated heterocycles. The number of hydrogen-bond acceptors (Lipinski definition) is 3. The molecule has 0 bridgehead atoms. The van der Waals surface area contributed by atoms with Crippen molar-refractivity contribution >= 4 is 36.4 Å². The van der Waals surface area contributed by atoms with Gasteiger partial charge in [0.25, 0.3) is 0 Å². The zero-order chi connectivity index (χ0) is 13.1. The molecular weight excluding hydrogens is 331 g/mol. The summed E-state index contributed by atoms with van der Waals surface area (Å²) in [5.41, 5.74) is 1.19. The third-order valence-electron chi connectivity index (χ3n) is 3.51. The number of halogens is 3. The van der Waals surface area contributed by atoms with Crippen molar-refractivity contribution in [1.82, 2.24) is 10.3 Å². The second kappa shape index (κ2) is 8.64. The van der Waals surface area contributed by atoms with Crippen LogP contribution in [0.15, 0.2) is 34.9 Å². The Hall–Kier alpha value is -0.740. The molecule has 3 rings (SSSR count). The summed E-state index contributed by atoms with van der Waals surface area (Å²) in [7, 11) is 0. The Morgan fingerprint density at radius 3 is 2.67 bits per heavy atom. The van der Waals surface area contributed by atoms with Gasteiger partial charge in [0.15, 0.2) is 5.89 Å². The lowest BCUT2D eigenvalue weighted by Crippen LogP contribution is -2.28. The summed E-state index contributed by atoms with van der Waals surface area (Å²) < 4.78 is 5.87. The first-order valence-corrected chi connectivity index (χ1v) is 7.09. The van der Waals surface area contributed by atoms with Gasteiger partial charge in [0, 0.05) is 23.9 Å². The van der Waals surface area contributed by atoms with Gasteiger partial charge in [-0.25, -0.2) is 4.98 Å². The fourth-order valence-electron chi connectivity index (χ4n) is 2.46. The maximum atomic E-state index is 5.88. The van der Waals surface area contributed by atoms with Crippen LogP contribution in [-0.4, -0.2) is 18.1 Å². The number of oxazole rings is 1. The van der Waals surface area contributed by atoms with E-state index in [2.05, 4.69) is 10.3 Å². The Morgan fingerprint density at radius 1 is 1.24 bits per heavy atom. The van der Waals surface area contributed by atoms with Gasteiger partial charge in [-0.15, -0.1) is 24.8 Å². The third kappa shape index (κ3) is 4.89. The number of nitrogens with zero attached hydrogens (tertiary/aromatic N) is 1. The number of benzene rings is 1. The van der Waals surface area contributed by atoms with Gasteiger partial charge in [0.05, 0.1) is 6.20 Å². The topological polar surface area (TPSA) is 38.1 Å². The molecule has 0 amide bonds. The van der Waals surface area contributed by atoms with Gasteiger partial charge in [-0.2, -0.15) is 0 Å². The SMILES string of the molecule is Cl.Cl.Clc1ccc(Cc2cnc(C3CCCNC3)o2)cc1. The van der Waals surface area contributed by atoms with Crippen LogP contribution in [0, 0.1) is 0 Å². The molecule has 1 atom stereocenters. The summed E-state index contributed by atoms with van der Waals surface area (Å²) in [6.07, 6.45) is 4.97. The second-order valence-corrected chi connectivity index (χ2v) is 5.45. The van der Waals surface area contributed by atoms with E-state index in [9.17, 15) is 0 Å². The minimum Gasteiger partial charge on any atom is -0.445 e. The van der Waals surface area contributed by atoms with Crippen molar-refractivity contribution in [3.63, 3.8) is 0 Å². The van der Waals surface area contributed by atoms with Crippen molar-refractivity contribution in [2.75, 3.05) is 13.1 Å². The number of aromatic nitrogens is 1. The average molecular weight is 350 g/mol. The van der Waals surface area contributed by atoms with E-state index in [1.807, 2.05) is 30.5 Å². The van der Waals surface area contributed by atoms with Gasteiger partial charge in [-0.3, -0.25) is 0 Å². The Labute approximate surface area is 142 Å². The first-order chi connectivity index (χ1) is 9.31. The molecule has 1 aromatic heterocycles. The van der Waals surface area contributed by atoms with Gasteiger partial charge in [0.1, 0.15) is 5.76 Å². The highest BCUT2D eigenvalue weighted by Gasteiger charge is 2.19. The molecule has 0 spiro atoms. The zero-order valence-corrected chi connectivity index (χ0v) is 13.9. The van der Waals surface area contributed by atoms with Gasteiger partial charge in [0.2, 0.25) is 0 Å². The maximum absolute atomic E-state index is 5.88. The maximum Gasteiger partial charge on any atom is 0.198 e. The molecule has 116 valence electrons. The minimum atomic E-state index is 0. The monoisotopic (exact) mass is 348 g/mol. The molecule has 2 heterocycles. The van der Waals surface area contributed by atoms with Crippen LogP contribution in [0.3, 0.4) is 0 Å². The normalized spacial score (nSPS) is 17.7. The Balaban J connectivity index is 0.00000110. The largest absolute Gasteiger partial charge is 0.445 e. The van der Waals surface area contributed by atoms with E-state index in [-0.39, 0.29) is 24.8 Å². The zero-order valence-electron chi connectivity index (χ0n) is 11.5. The first-order valence-electron chi connectivity index (χ1n) is 6.71. The third-order valence-corrected chi connectivity index (χ3v) is 3.76. The number of piperidine rings is 1. The number of rotatable bonds is 3. The van der Waals surface area contributed by atoms with E-state index >= 15 is 0 Å². The lowest BCUT2D eigenvalue weighted by molar-refractivity contribution is 0.365. The van der Waals surface area contributed by atoms with E-state index in [0.29, 0.717) is 5.92 Å². The molecule has 21 heavy (non-hydrogen) atoms. The molecule has 1 unspecified atom stereocenters. The highest BCUT2D eigenvalue weighted by molar-refractivity contribution is 6.30. The highest BCUT2D eigenvalue weighted by Crippen LogP contribution is 2.23. The summed E-state index contributed by atoms with van der Waals surface area (Å²) >= 11 is 5.88. The van der Waals surface area contributed by atoms with Gasteiger partial charge < -0.3 is 9.73 Å². The predicted molar refractivity (Wildman–Crippen MR) is 90.1 cm³/mol. The van der Waals surface area contributed by atoms with Crippen molar-refractivity contribution in [2.45, 2.75) is 25.2 Å². The fourth-order valence-corrected chi connectivity index (χ4v) is 2.59. The fraction of sp³-hybridized carbons (Fsp3) is 0.400. The summed E-state index contributed by atoms with van der Waals surface area (Å²) in [5, 5.41) is 4.14. The van der Waals surface area contributed by atoms with Crippen LogP contribution in [0.4, 0.5) is 0 Å². The molecule has 0 radical (unpaired) electrons. The molecular formula is C15H19Cl3N2O. The van der Waals surface area contributed by atoms with Gasteiger partial charge in [-0.05, 0) is 37.1 Å². The molecule has 6 heteroatoms. The van der Waals surface area contributed by atoms with E-state index in [1.165, 1.54) is 12.0 Å². The van der Waals surface area contributed by atoms with E-state index in [0.717, 1.165) is 42.6 Å². The molecule has 1 aromatic carbocycles. The molecule has 0 saturated carbocycles. The number of hydrogen-bond donors (Lipinski definition) is 1. The van der Waals surface area contributed by atoms with E-state index < -0.39 is 0 Å². The summed E-state index contributed by atoms with van der Waals surface area (Å²) in [4.78, 5) is 4.42. The number of nitrogens with one attached hydrogen (secondary N) is 1. The van der Waals surface area contributed by atoms with Crippen molar-refractivity contribution in [2.24, 2.45) is 0 Å². The average Bonchev–Trinajstić information content (AvgIpc) is 2.91. The van der Waals surface area contributed by atoms with Crippen LogP contribution in [0.5, 0.6) is 0 Å². The van der Waals surface area contributed by atoms with Gasteiger partial charge >= 0.3 is 0 Å². The summed E-state index contributed by atoms with van der Waals surface area (Å²) in [5.74, 6) is 2.21. The van der Waals surface area contributed by atoms with Gasteiger partial charge in [-0.1, -0.05) is 23.7 Å². The smallest absolute Gasteiger partial charge is 0.198 e. The van der Waals surface area contributed by atoms with Crippen LogP contribution >= 0.6 is 36.4 Å². The van der Waals surface area contributed by atoms with Crippen molar-refractivity contribution < 1.29 is 4.42 Å². The molecule has 0 aliphatic carbocycles. The lowest BCUT2D eigenvalue weighted by Gasteiger charge is -2.19. The predicted octanol–water partition coefficient (Wildman–Crippen LogP) is 4.23. The van der Waals surface area contributed by atoms with Crippen LogP contribution in [-0.2, 0) is 6.42 Å². The van der Waals surface area contributed by atoms with Crippen LogP contribution in [0.2, 0.25) is 5.02 Å². The second-order valence-electron chi connectivity index (χ2n) is 5.01.